The minimum absolute atomic E-state index is 0.0123. The molecule has 0 unspecified atom stereocenters. The summed E-state index contributed by atoms with van der Waals surface area (Å²) in [5.41, 5.74) is 13.3. The van der Waals surface area contributed by atoms with Gasteiger partial charge in [-0.1, -0.05) is 6.58 Å². The molecule has 0 radical (unpaired) electrons. The Balaban J connectivity index is 1.36. The minimum atomic E-state index is -0.476. The molecule has 0 spiro atoms. The number of halogens is 1. The van der Waals surface area contributed by atoms with Crippen molar-refractivity contribution >= 4 is 74.2 Å². The van der Waals surface area contributed by atoms with Crippen molar-refractivity contribution in [2.75, 3.05) is 34.4 Å². The Morgan fingerprint density at radius 2 is 1.00 bits per heavy atom. The number of hydrogen-bond donors (Lipinski definition) is 7. The van der Waals surface area contributed by atoms with Crippen molar-refractivity contribution in [3.05, 3.63) is 82.9 Å². The number of hydrogen-bond acceptors (Lipinski definition) is 6. The number of rotatable bonds is 13. The van der Waals surface area contributed by atoms with Gasteiger partial charge in [0.25, 0.3) is 29.5 Å². The molecule has 18 heteroatoms. The number of aliphatic imine (C=N–C) groups is 1. The van der Waals surface area contributed by atoms with Gasteiger partial charge in [0.15, 0.2) is 5.96 Å². The molecule has 0 saturated heterocycles. The SMILES string of the molecule is C=C(Br)C(=O)Nc1cc(C(=O)Nc2cc(C(=O)Nc3cc(C(=O)Nc4cc(C(=O)NCCCN=C(N)N)n(C)c4)n(C)c3)n(C)c2)n(C)c1. The Morgan fingerprint density at radius 3 is 1.35 bits per heavy atom. The fraction of sp³-hybridized carbons (Fsp3) is 0.226. The molecular formula is C31H37BrN12O5. The first-order valence-electron chi connectivity index (χ1n) is 14.7. The van der Waals surface area contributed by atoms with Gasteiger partial charge in [0.05, 0.1) is 27.2 Å². The molecule has 17 nitrogen and oxygen atoms in total. The normalized spacial score (nSPS) is 10.6. The number of aromatic nitrogens is 4. The number of carbonyl (C=O) groups excluding carboxylic acids is 5. The Kier molecular flexibility index (Phi) is 11.1. The Labute approximate surface area is 289 Å². The molecule has 4 heterocycles. The Morgan fingerprint density at radius 1 is 0.653 bits per heavy atom. The second kappa shape index (κ2) is 15.2. The van der Waals surface area contributed by atoms with Crippen LogP contribution in [0.15, 0.2) is 65.1 Å². The van der Waals surface area contributed by atoms with Crippen LogP contribution in [0.4, 0.5) is 22.7 Å². The minimum Gasteiger partial charge on any atom is -0.370 e. The van der Waals surface area contributed by atoms with Crippen LogP contribution in [0, 0.1) is 0 Å². The average Bonchev–Trinajstić information content (AvgIpc) is 3.77. The standard InChI is InChI=1S/C31H37BrN12O5/c1-17(32)26(45)37-18-10-23(42(3)13-18)28(47)39-20-12-25(44(5)15-20)30(49)40-21-11-24(43(4)16-21)29(48)38-19-9-22(41(2)14-19)27(46)35-7-6-8-36-31(33)34/h9-16H,1,6-8H2,2-5H3,(H,35,46)(H,37,45)(H,38,48)(H,39,47)(H,40,49)(H4,33,34,36). The second-order valence-corrected chi connectivity index (χ2v) is 12.0. The summed E-state index contributed by atoms with van der Waals surface area (Å²) < 4.78 is 6.39. The molecule has 0 aliphatic rings. The summed E-state index contributed by atoms with van der Waals surface area (Å²) in [4.78, 5) is 67.6. The molecule has 0 atom stereocenters. The summed E-state index contributed by atoms with van der Waals surface area (Å²) in [6.07, 6.45) is 6.91. The quantitative estimate of drug-likeness (QED) is 0.0467. The van der Waals surface area contributed by atoms with Crippen LogP contribution < -0.4 is 38.1 Å². The summed E-state index contributed by atoms with van der Waals surface area (Å²) in [5.74, 6) is -2.16. The molecule has 0 saturated carbocycles. The molecule has 0 aliphatic carbocycles. The molecule has 4 aromatic heterocycles. The van der Waals surface area contributed by atoms with Crippen molar-refractivity contribution in [1.29, 1.82) is 0 Å². The fourth-order valence-corrected chi connectivity index (χ4v) is 4.90. The summed E-state index contributed by atoms with van der Waals surface area (Å²) >= 11 is 3.01. The molecule has 4 aromatic rings. The van der Waals surface area contributed by atoms with E-state index in [4.69, 9.17) is 11.5 Å². The number of aryl methyl sites for hydroxylation is 4. The van der Waals surface area contributed by atoms with E-state index in [9.17, 15) is 24.0 Å². The zero-order valence-corrected chi connectivity index (χ0v) is 28.8. The molecule has 0 aliphatic heterocycles. The van der Waals surface area contributed by atoms with E-state index in [1.807, 2.05) is 0 Å². The first-order chi connectivity index (χ1) is 23.1. The monoisotopic (exact) mass is 736 g/mol. The lowest BCUT2D eigenvalue weighted by atomic mass is 10.3. The second-order valence-electron chi connectivity index (χ2n) is 11.0. The van der Waals surface area contributed by atoms with Gasteiger partial charge in [-0.05, 0) is 46.6 Å². The Hall–Kier alpha value is -6.04. The van der Waals surface area contributed by atoms with Crippen LogP contribution in [0.3, 0.4) is 0 Å². The number of carbonyl (C=O) groups is 5. The van der Waals surface area contributed by atoms with Crippen molar-refractivity contribution in [2.45, 2.75) is 6.42 Å². The topological polar surface area (TPSA) is 230 Å². The van der Waals surface area contributed by atoms with Gasteiger partial charge in [-0.15, -0.1) is 0 Å². The van der Waals surface area contributed by atoms with Crippen LogP contribution in [-0.4, -0.2) is 66.9 Å². The maximum absolute atomic E-state index is 13.2. The van der Waals surface area contributed by atoms with Crippen molar-refractivity contribution in [3.8, 4) is 0 Å². The molecule has 258 valence electrons. The number of nitrogens with zero attached hydrogens (tertiary/aromatic N) is 5. The zero-order valence-electron chi connectivity index (χ0n) is 27.3. The maximum Gasteiger partial charge on any atom is 0.272 e. The van der Waals surface area contributed by atoms with Crippen molar-refractivity contribution in [1.82, 2.24) is 23.6 Å². The van der Waals surface area contributed by atoms with Crippen LogP contribution in [-0.2, 0) is 33.0 Å². The molecule has 0 fully saturated rings. The maximum atomic E-state index is 13.2. The third kappa shape index (κ3) is 9.07. The van der Waals surface area contributed by atoms with Gasteiger partial charge in [0.1, 0.15) is 22.8 Å². The van der Waals surface area contributed by atoms with E-state index < -0.39 is 23.6 Å². The predicted molar refractivity (Wildman–Crippen MR) is 190 cm³/mol. The molecule has 49 heavy (non-hydrogen) atoms. The molecule has 0 aromatic carbocycles. The highest BCUT2D eigenvalue weighted by atomic mass is 79.9. The van der Waals surface area contributed by atoms with Gasteiger partial charge < -0.3 is 56.3 Å². The van der Waals surface area contributed by atoms with E-state index in [0.717, 1.165) is 0 Å². The summed E-state index contributed by atoms with van der Waals surface area (Å²) in [7, 11) is 6.65. The number of nitrogens with two attached hydrogens (primary N) is 2. The van der Waals surface area contributed by atoms with E-state index in [-0.39, 0.29) is 33.4 Å². The number of guanidine groups is 1. The van der Waals surface area contributed by atoms with Crippen LogP contribution in [0.5, 0.6) is 0 Å². The number of nitrogens with one attached hydrogen (secondary N) is 5. The van der Waals surface area contributed by atoms with Gasteiger partial charge in [0, 0.05) is 66.1 Å². The van der Waals surface area contributed by atoms with Crippen LogP contribution in [0.25, 0.3) is 0 Å². The van der Waals surface area contributed by atoms with E-state index in [1.54, 1.807) is 77.3 Å². The molecular weight excluding hydrogens is 700 g/mol. The lowest BCUT2D eigenvalue weighted by Crippen LogP contribution is -2.27. The molecule has 0 bridgehead atoms. The predicted octanol–water partition coefficient (Wildman–Crippen LogP) is 2.04. The third-order valence-corrected chi connectivity index (χ3v) is 7.50. The lowest BCUT2D eigenvalue weighted by Gasteiger charge is -2.04. The van der Waals surface area contributed by atoms with Gasteiger partial charge in [-0.3, -0.25) is 29.0 Å². The van der Waals surface area contributed by atoms with Crippen molar-refractivity contribution < 1.29 is 24.0 Å². The lowest BCUT2D eigenvalue weighted by molar-refractivity contribution is -0.112. The van der Waals surface area contributed by atoms with Crippen LogP contribution >= 0.6 is 15.9 Å². The highest BCUT2D eigenvalue weighted by Gasteiger charge is 2.20. The number of anilines is 4. The average molecular weight is 738 g/mol. The zero-order chi connectivity index (χ0) is 36.0. The first kappa shape index (κ1) is 35.8. The van der Waals surface area contributed by atoms with Crippen molar-refractivity contribution in [2.24, 2.45) is 44.7 Å². The van der Waals surface area contributed by atoms with E-state index in [0.29, 0.717) is 48.0 Å². The smallest absolute Gasteiger partial charge is 0.272 e. The highest BCUT2D eigenvalue weighted by Crippen LogP contribution is 2.21. The fourth-order valence-electron chi connectivity index (χ4n) is 4.80. The van der Waals surface area contributed by atoms with Gasteiger partial charge >= 0.3 is 0 Å². The Bertz CT molecular complexity index is 1970. The largest absolute Gasteiger partial charge is 0.370 e. The van der Waals surface area contributed by atoms with E-state index >= 15 is 0 Å². The third-order valence-electron chi connectivity index (χ3n) is 7.14. The van der Waals surface area contributed by atoms with Crippen LogP contribution in [0.2, 0.25) is 0 Å². The first-order valence-corrected chi connectivity index (χ1v) is 15.5. The van der Waals surface area contributed by atoms with Gasteiger partial charge in [-0.2, -0.15) is 0 Å². The summed E-state index contributed by atoms with van der Waals surface area (Å²) in [5, 5.41) is 13.7. The van der Waals surface area contributed by atoms with Crippen molar-refractivity contribution in [3.63, 3.8) is 0 Å². The van der Waals surface area contributed by atoms with Gasteiger partial charge in [-0.25, -0.2) is 0 Å². The molecule has 9 N–H and O–H groups in total. The van der Waals surface area contributed by atoms with E-state index in [2.05, 4.69) is 54.1 Å². The molecule has 5 amide bonds. The molecule has 4 rings (SSSR count). The van der Waals surface area contributed by atoms with Crippen LogP contribution in [0.1, 0.15) is 48.4 Å². The highest BCUT2D eigenvalue weighted by molar-refractivity contribution is 9.12. The summed E-state index contributed by atoms with van der Waals surface area (Å²) in [6, 6.07) is 6.09. The summed E-state index contributed by atoms with van der Waals surface area (Å²) in [6.45, 7) is 4.27. The van der Waals surface area contributed by atoms with E-state index in [1.165, 1.54) is 18.2 Å². The number of amides is 5. The van der Waals surface area contributed by atoms with Gasteiger partial charge in [0.2, 0.25) is 0 Å².